The second-order valence-corrected chi connectivity index (χ2v) is 7.27. The lowest BCUT2D eigenvalue weighted by molar-refractivity contribution is -0.113. The predicted octanol–water partition coefficient (Wildman–Crippen LogP) is 3.78. The molecule has 134 valence electrons. The van der Waals surface area contributed by atoms with Gasteiger partial charge < -0.3 is 9.84 Å². The Balaban J connectivity index is 1.54. The highest BCUT2D eigenvalue weighted by atomic mass is 32.2. The van der Waals surface area contributed by atoms with Crippen LogP contribution < -0.4 is 5.32 Å². The normalized spacial score (nSPS) is 13.4. The number of imidazole rings is 1. The highest BCUT2D eigenvalue weighted by Crippen LogP contribution is 2.30. The molecule has 1 aliphatic carbocycles. The number of aryl methyl sites for hydroxylation is 2. The first-order chi connectivity index (χ1) is 12.7. The number of aromatic nitrogens is 3. The van der Waals surface area contributed by atoms with Crippen molar-refractivity contribution in [2.24, 2.45) is 0 Å². The number of anilines is 1. The molecule has 0 saturated heterocycles. The van der Waals surface area contributed by atoms with E-state index in [1.165, 1.54) is 30.3 Å². The van der Waals surface area contributed by atoms with Crippen LogP contribution in [0.15, 0.2) is 46.1 Å². The van der Waals surface area contributed by atoms with Crippen LogP contribution >= 0.6 is 11.8 Å². The second kappa shape index (κ2) is 7.37. The molecule has 0 bridgehead atoms. The van der Waals surface area contributed by atoms with Gasteiger partial charge in [-0.05, 0) is 44.7 Å². The van der Waals surface area contributed by atoms with Crippen molar-refractivity contribution in [2.75, 3.05) is 11.1 Å². The van der Waals surface area contributed by atoms with Gasteiger partial charge in [-0.3, -0.25) is 9.36 Å². The van der Waals surface area contributed by atoms with Gasteiger partial charge in [-0.15, -0.1) is 0 Å². The molecule has 0 spiro atoms. The van der Waals surface area contributed by atoms with Crippen molar-refractivity contribution >= 4 is 23.5 Å². The molecule has 1 N–H and O–H groups in total. The van der Waals surface area contributed by atoms with Crippen molar-refractivity contribution in [3.05, 3.63) is 53.5 Å². The summed E-state index contributed by atoms with van der Waals surface area (Å²) in [6, 6.07) is 11.9. The lowest BCUT2D eigenvalue weighted by Crippen LogP contribution is -2.15. The Kier molecular flexibility index (Phi) is 4.79. The van der Waals surface area contributed by atoms with Crippen molar-refractivity contribution < 1.29 is 9.32 Å². The summed E-state index contributed by atoms with van der Waals surface area (Å²) in [4.78, 5) is 17.1. The Morgan fingerprint density at radius 2 is 2.08 bits per heavy atom. The number of thioether (sulfide) groups is 1. The summed E-state index contributed by atoms with van der Waals surface area (Å²) in [7, 11) is 0. The third-order valence-electron chi connectivity index (χ3n) is 4.34. The van der Waals surface area contributed by atoms with Crippen LogP contribution in [-0.2, 0) is 17.6 Å². The highest BCUT2D eigenvalue weighted by Gasteiger charge is 2.22. The van der Waals surface area contributed by atoms with E-state index in [1.807, 2.05) is 18.2 Å². The Bertz CT molecular complexity index is 917. The quantitative estimate of drug-likeness (QED) is 0.694. The number of nitrogens with one attached hydrogen (secondary N) is 1. The maximum Gasteiger partial charge on any atom is 0.236 e. The summed E-state index contributed by atoms with van der Waals surface area (Å²) in [5.74, 6) is 1.26. The van der Waals surface area contributed by atoms with Crippen molar-refractivity contribution in [3.8, 4) is 5.69 Å². The summed E-state index contributed by atoms with van der Waals surface area (Å²) in [5.41, 5.74) is 3.53. The number of para-hydroxylation sites is 1. The zero-order valence-electron chi connectivity index (χ0n) is 14.6. The van der Waals surface area contributed by atoms with Gasteiger partial charge >= 0.3 is 0 Å². The van der Waals surface area contributed by atoms with Crippen LogP contribution in [0.1, 0.15) is 30.0 Å². The summed E-state index contributed by atoms with van der Waals surface area (Å²) in [5, 5.41) is 7.41. The van der Waals surface area contributed by atoms with Gasteiger partial charge in [0.2, 0.25) is 5.91 Å². The van der Waals surface area contributed by atoms with Gasteiger partial charge in [-0.2, -0.15) is 0 Å². The molecule has 1 aromatic carbocycles. The molecule has 2 heterocycles. The molecule has 3 aromatic rings. The summed E-state index contributed by atoms with van der Waals surface area (Å²) in [6.07, 6.45) is 4.39. The summed E-state index contributed by atoms with van der Waals surface area (Å²) >= 11 is 1.45. The van der Waals surface area contributed by atoms with E-state index in [9.17, 15) is 4.79 Å². The van der Waals surface area contributed by atoms with Crippen molar-refractivity contribution in [2.45, 2.75) is 37.8 Å². The first-order valence-electron chi connectivity index (χ1n) is 8.72. The zero-order chi connectivity index (χ0) is 17.9. The summed E-state index contributed by atoms with van der Waals surface area (Å²) in [6.45, 7) is 1.79. The topological polar surface area (TPSA) is 73.0 Å². The molecular weight excluding hydrogens is 348 g/mol. The molecule has 0 aliphatic heterocycles. The number of hydrogen-bond donors (Lipinski definition) is 1. The molecule has 0 saturated carbocycles. The number of rotatable bonds is 5. The zero-order valence-corrected chi connectivity index (χ0v) is 15.4. The van der Waals surface area contributed by atoms with Crippen LogP contribution in [0.2, 0.25) is 0 Å². The van der Waals surface area contributed by atoms with E-state index < -0.39 is 0 Å². The molecular formula is C19H20N4O2S. The Morgan fingerprint density at radius 3 is 2.85 bits per heavy atom. The van der Waals surface area contributed by atoms with Crippen molar-refractivity contribution in [1.82, 2.24) is 14.7 Å². The average Bonchev–Trinajstić information content (AvgIpc) is 3.23. The standard InChI is InChI=1S/C19H20N4O2S/c1-13-11-17(22-25-13)21-18(24)12-26-19-20-15-9-5-6-10-16(15)23(19)14-7-3-2-4-8-14/h2-4,7-8,11H,5-6,9-10,12H2,1H3,(H,21,22,24). The third-order valence-corrected chi connectivity index (χ3v) is 5.28. The first kappa shape index (κ1) is 16.9. The molecule has 1 amide bonds. The van der Waals surface area contributed by atoms with Gasteiger partial charge in [0.05, 0.1) is 11.4 Å². The van der Waals surface area contributed by atoms with E-state index in [1.54, 1.807) is 13.0 Å². The lowest BCUT2D eigenvalue weighted by Gasteiger charge is -2.15. The second-order valence-electron chi connectivity index (χ2n) is 6.33. The average molecular weight is 368 g/mol. The van der Waals surface area contributed by atoms with Crippen LogP contribution in [0.5, 0.6) is 0 Å². The molecule has 7 heteroatoms. The van der Waals surface area contributed by atoms with E-state index in [2.05, 4.69) is 27.2 Å². The smallest absolute Gasteiger partial charge is 0.236 e. The Hall–Kier alpha value is -2.54. The maximum absolute atomic E-state index is 12.2. The van der Waals surface area contributed by atoms with E-state index in [0.29, 0.717) is 11.6 Å². The van der Waals surface area contributed by atoms with E-state index in [0.717, 1.165) is 29.4 Å². The fourth-order valence-electron chi connectivity index (χ4n) is 3.19. The first-order valence-corrected chi connectivity index (χ1v) is 9.71. The number of carbonyl (C=O) groups is 1. The van der Waals surface area contributed by atoms with Crippen LogP contribution in [0.25, 0.3) is 5.69 Å². The number of hydrogen-bond acceptors (Lipinski definition) is 5. The molecule has 2 aromatic heterocycles. The number of benzene rings is 1. The highest BCUT2D eigenvalue weighted by molar-refractivity contribution is 7.99. The predicted molar refractivity (Wildman–Crippen MR) is 101 cm³/mol. The lowest BCUT2D eigenvalue weighted by atomic mass is 10.0. The van der Waals surface area contributed by atoms with Gasteiger partial charge in [-0.25, -0.2) is 4.98 Å². The van der Waals surface area contributed by atoms with Gasteiger partial charge in [0.15, 0.2) is 11.0 Å². The monoisotopic (exact) mass is 368 g/mol. The Morgan fingerprint density at radius 1 is 1.27 bits per heavy atom. The van der Waals surface area contributed by atoms with E-state index >= 15 is 0 Å². The fraction of sp³-hybridized carbons (Fsp3) is 0.316. The fourth-order valence-corrected chi connectivity index (χ4v) is 4.04. The maximum atomic E-state index is 12.2. The van der Waals surface area contributed by atoms with Crippen LogP contribution in [-0.4, -0.2) is 26.4 Å². The minimum atomic E-state index is -0.121. The van der Waals surface area contributed by atoms with Crippen LogP contribution in [0, 0.1) is 6.92 Å². The molecule has 0 fully saturated rings. The van der Waals surface area contributed by atoms with Gasteiger partial charge in [0, 0.05) is 17.4 Å². The van der Waals surface area contributed by atoms with Crippen LogP contribution in [0.4, 0.5) is 5.82 Å². The number of fused-ring (bicyclic) bond motifs is 1. The largest absolute Gasteiger partial charge is 0.360 e. The molecule has 26 heavy (non-hydrogen) atoms. The van der Waals surface area contributed by atoms with Crippen LogP contribution in [0.3, 0.4) is 0 Å². The number of amides is 1. The Labute approximate surface area is 156 Å². The molecule has 0 unspecified atom stereocenters. The molecule has 1 aliphatic rings. The van der Waals surface area contributed by atoms with Gasteiger partial charge in [0.25, 0.3) is 0 Å². The van der Waals surface area contributed by atoms with Gasteiger partial charge in [-0.1, -0.05) is 35.1 Å². The van der Waals surface area contributed by atoms with Gasteiger partial charge in [0.1, 0.15) is 5.76 Å². The molecule has 0 radical (unpaired) electrons. The number of nitrogens with zero attached hydrogens (tertiary/aromatic N) is 3. The number of carbonyl (C=O) groups excluding carboxylic acids is 1. The molecule has 4 rings (SSSR count). The minimum absolute atomic E-state index is 0.121. The minimum Gasteiger partial charge on any atom is -0.360 e. The molecule has 0 atom stereocenters. The van der Waals surface area contributed by atoms with E-state index in [-0.39, 0.29) is 11.7 Å². The van der Waals surface area contributed by atoms with Crippen molar-refractivity contribution in [1.29, 1.82) is 0 Å². The SMILES string of the molecule is Cc1cc(NC(=O)CSc2nc3c(n2-c2ccccc2)CCCC3)no1. The van der Waals surface area contributed by atoms with Crippen molar-refractivity contribution in [3.63, 3.8) is 0 Å². The molecule has 6 nitrogen and oxygen atoms in total. The van der Waals surface area contributed by atoms with E-state index in [4.69, 9.17) is 9.51 Å². The summed E-state index contributed by atoms with van der Waals surface area (Å²) < 4.78 is 7.17. The third kappa shape index (κ3) is 3.53.